The fourth-order valence-corrected chi connectivity index (χ4v) is 1.43. The summed E-state index contributed by atoms with van der Waals surface area (Å²) in [6, 6.07) is 10.0. The van der Waals surface area contributed by atoms with Gasteiger partial charge in [-0.05, 0) is 6.92 Å². The molecule has 21 heavy (non-hydrogen) atoms. The van der Waals surface area contributed by atoms with Crippen LogP contribution in [0.2, 0.25) is 0 Å². The summed E-state index contributed by atoms with van der Waals surface area (Å²) in [7, 11) is 0. The molecule has 5 heteroatoms. The predicted octanol–water partition coefficient (Wildman–Crippen LogP) is 2.85. The van der Waals surface area contributed by atoms with E-state index in [0.29, 0.717) is 5.57 Å². The summed E-state index contributed by atoms with van der Waals surface area (Å²) < 4.78 is 4.51. The third kappa shape index (κ3) is 7.39. The molecule has 0 atom stereocenters. The Bertz CT molecular complexity index is 493. The SMILES string of the molecule is CCOC(=O)C(=O)CC(O)=C1C=CC=C1.[Fe].c1cc[cH-]c1. The maximum Gasteiger partial charge on any atom is 0.375 e. The van der Waals surface area contributed by atoms with Gasteiger partial charge >= 0.3 is 5.97 Å². The first-order chi connectivity index (χ1) is 9.65. The number of aliphatic hydroxyl groups excluding tert-OH is 1. The Balaban J connectivity index is 0.000000562. The third-order valence-corrected chi connectivity index (χ3v) is 2.38. The summed E-state index contributed by atoms with van der Waals surface area (Å²) in [5.74, 6) is -1.76. The fraction of sp³-hybridized carbons (Fsp3) is 0.188. The van der Waals surface area contributed by atoms with Gasteiger partial charge < -0.3 is 9.84 Å². The minimum atomic E-state index is -0.907. The molecule has 4 nitrogen and oxygen atoms in total. The van der Waals surface area contributed by atoms with Crippen molar-refractivity contribution in [1.82, 2.24) is 0 Å². The second-order valence-electron chi connectivity index (χ2n) is 3.90. The Morgan fingerprint density at radius 3 is 2.19 bits per heavy atom. The topological polar surface area (TPSA) is 63.6 Å². The monoisotopic (exact) mass is 329 g/mol. The summed E-state index contributed by atoms with van der Waals surface area (Å²) in [5.41, 5.74) is 0.549. The second-order valence-corrected chi connectivity index (χ2v) is 3.90. The number of ketones is 1. The molecule has 114 valence electrons. The molecule has 0 aromatic heterocycles. The Labute approximate surface area is 134 Å². The number of hydrogen-bond donors (Lipinski definition) is 1. The van der Waals surface area contributed by atoms with E-state index in [0.717, 1.165) is 0 Å². The largest absolute Gasteiger partial charge is 0.511 e. The molecule has 0 saturated heterocycles. The van der Waals surface area contributed by atoms with Crippen LogP contribution in [0.5, 0.6) is 0 Å². The van der Waals surface area contributed by atoms with Crippen LogP contribution in [-0.2, 0) is 31.4 Å². The van der Waals surface area contributed by atoms with Crippen LogP contribution in [0.3, 0.4) is 0 Å². The molecule has 0 fully saturated rings. The molecule has 0 unspecified atom stereocenters. The number of ether oxygens (including phenoxy) is 1. The quantitative estimate of drug-likeness (QED) is 0.303. The summed E-state index contributed by atoms with van der Waals surface area (Å²) in [6.07, 6.45) is 6.48. The molecule has 1 aliphatic carbocycles. The van der Waals surface area contributed by atoms with Crippen molar-refractivity contribution in [2.24, 2.45) is 0 Å². The Morgan fingerprint density at radius 2 is 1.76 bits per heavy atom. The van der Waals surface area contributed by atoms with E-state index in [1.807, 2.05) is 30.3 Å². The normalized spacial score (nSPS) is 11.2. The molecule has 1 N–H and O–H groups in total. The molecule has 0 spiro atoms. The van der Waals surface area contributed by atoms with E-state index >= 15 is 0 Å². The van der Waals surface area contributed by atoms with E-state index in [4.69, 9.17) is 0 Å². The molecule has 2 rings (SSSR count). The van der Waals surface area contributed by atoms with Crippen LogP contribution in [-0.4, -0.2) is 23.5 Å². The van der Waals surface area contributed by atoms with Crippen molar-refractivity contribution < 1.29 is 36.5 Å². The summed E-state index contributed by atoms with van der Waals surface area (Å²) in [6.45, 7) is 1.77. The molecule has 1 aliphatic rings. The number of esters is 1. The Kier molecular flexibility index (Phi) is 9.76. The summed E-state index contributed by atoms with van der Waals surface area (Å²) >= 11 is 0. The van der Waals surface area contributed by atoms with E-state index in [2.05, 4.69) is 4.74 Å². The molecule has 1 aromatic carbocycles. The zero-order chi connectivity index (χ0) is 14.8. The van der Waals surface area contributed by atoms with Crippen LogP contribution in [0.15, 0.2) is 66.0 Å². The first-order valence-corrected chi connectivity index (χ1v) is 6.28. The van der Waals surface area contributed by atoms with Gasteiger partial charge in [-0.2, -0.15) is 18.2 Å². The zero-order valence-electron chi connectivity index (χ0n) is 11.6. The van der Waals surface area contributed by atoms with Gasteiger partial charge in [0.25, 0.3) is 0 Å². The Hall–Kier alpha value is -1.97. The van der Waals surface area contributed by atoms with Crippen LogP contribution in [0.4, 0.5) is 0 Å². The van der Waals surface area contributed by atoms with Crippen LogP contribution in [0.25, 0.3) is 0 Å². The number of hydrogen-bond acceptors (Lipinski definition) is 4. The molecule has 0 amide bonds. The second kappa shape index (κ2) is 10.8. The van der Waals surface area contributed by atoms with Gasteiger partial charge in [-0.25, -0.2) is 16.9 Å². The molecule has 0 heterocycles. The zero-order valence-corrected chi connectivity index (χ0v) is 12.7. The predicted molar refractivity (Wildman–Crippen MR) is 76.2 cm³/mol. The van der Waals surface area contributed by atoms with Crippen molar-refractivity contribution in [3.63, 3.8) is 0 Å². The molecule has 0 aliphatic heterocycles. The van der Waals surface area contributed by atoms with Gasteiger partial charge in [0.1, 0.15) is 5.76 Å². The van der Waals surface area contributed by atoms with E-state index in [1.165, 1.54) is 0 Å². The van der Waals surface area contributed by atoms with E-state index < -0.39 is 11.8 Å². The van der Waals surface area contributed by atoms with Crippen molar-refractivity contribution in [3.05, 3.63) is 66.0 Å². The van der Waals surface area contributed by atoms with E-state index in [9.17, 15) is 14.7 Å². The van der Waals surface area contributed by atoms with Gasteiger partial charge in [-0.3, -0.25) is 4.79 Å². The Morgan fingerprint density at radius 1 is 1.19 bits per heavy atom. The molecular formula is C16H17FeO4-. The average Bonchev–Trinajstić information content (AvgIpc) is 3.14. The van der Waals surface area contributed by atoms with Crippen molar-refractivity contribution in [1.29, 1.82) is 0 Å². The number of carbonyl (C=O) groups is 2. The number of allylic oxidation sites excluding steroid dienone is 6. The van der Waals surface area contributed by atoms with Crippen molar-refractivity contribution in [3.8, 4) is 0 Å². The van der Waals surface area contributed by atoms with Gasteiger partial charge in [0.2, 0.25) is 5.78 Å². The first kappa shape index (κ1) is 19.0. The van der Waals surface area contributed by atoms with Crippen molar-refractivity contribution in [2.75, 3.05) is 6.61 Å². The van der Waals surface area contributed by atoms with E-state index in [-0.39, 0.29) is 35.9 Å². The van der Waals surface area contributed by atoms with Gasteiger partial charge in [-0.1, -0.05) is 24.3 Å². The maximum absolute atomic E-state index is 11.2. The number of carbonyl (C=O) groups excluding carboxylic acids is 2. The number of rotatable bonds is 4. The third-order valence-electron chi connectivity index (χ3n) is 2.38. The first-order valence-electron chi connectivity index (χ1n) is 6.28. The van der Waals surface area contributed by atoms with Crippen LogP contribution in [0.1, 0.15) is 13.3 Å². The summed E-state index contributed by atoms with van der Waals surface area (Å²) in [5, 5.41) is 9.48. The number of Topliss-reactive ketones (excluding diaryl/α,β-unsaturated/α-hetero) is 1. The van der Waals surface area contributed by atoms with Gasteiger partial charge in [0.15, 0.2) is 0 Å². The molecule has 1 aromatic rings. The number of aliphatic hydroxyl groups is 1. The van der Waals surface area contributed by atoms with Crippen molar-refractivity contribution in [2.45, 2.75) is 13.3 Å². The van der Waals surface area contributed by atoms with Crippen LogP contribution >= 0.6 is 0 Å². The van der Waals surface area contributed by atoms with Gasteiger partial charge in [0, 0.05) is 22.6 Å². The molecule has 0 saturated carbocycles. The van der Waals surface area contributed by atoms with E-state index in [1.54, 1.807) is 31.2 Å². The van der Waals surface area contributed by atoms with Crippen LogP contribution in [0, 0.1) is 0 Å². The molecule has 0 radical (unpaired) electrons. The van der Waals surface area contributed by atoms with Crippen LogP contribution < -0.4 is 0 Å². The fourth-order valence-electron chi connectivity index (χ4n) is 1.43. The minimum absolute atomic E-state index is 0. The van der Waals surface area contributed by atoms with Gasteiger partial charge in [0.05, 0.1) is 13.0 Å². The average molecular weight is 329 g/mol. The molecular weight excluding hydrogens is 312 g/mol. The summed E-state index contributed by atoms with van der Waals surface area (Å²) in [4.78, 5) is 22.1. The minimum Gasteiger partial charge on any atom is -0.511 e. The van der Waals surface area contributed by atoms with Gasteiger partial charge in [-0.15, -0.1) is 0 Å². The molecule has 0 bridgehead atoms. The maximum atomic E-state index is 11.2. The van der Waals surface area contributed by atoms with Crippen molar-refractivity contribution >= 4 is 11.8 Å². The smallest absolute Gasteiger partial charge is 0.375 e. The standard InChI is InChI=1S/C11H12O4.C5H5.Fe/c1-2-15-11(14)10(13)7-9(12)8-5-3-4-6-8;1-2-4-5-3-1;/h3-6,12H,2,7H2,1H3;1-5H;/q;-1;.